The molecule has 5 aromatic rings. The number of aromatic amines is 2. The highest BCUT2D eigenvalue weighted by atomic mass is 35.5. The van der Waals surface area contributed by atoms with Crippen molar-refractivity contribution < 1.29 is 4.79 Å². The zero-order valence-electron chi connectivity index (χ0n) is 20.6. The van der Waals surface area contributed by atoms with Crippen LogP contribution in [0.25, 0.3) is 22.2 Å². The molecule has 0 saturated carbocycles. The Morgan fingerprint density at radius 2 is 1.84 bits per heavy atom. The Balaban J connectivity index is 1.38. The van der Waals surface area contributed by atoms with Crippen molar-refractivity contribution in [2.75, 3.05) is 5.73 Å². The summed E-state index contributed by atoms with van der Waals surface area (Å²) >= 11 is 6.59. The molecule has 2 aromatic heterocycles. The minimum Gasteiger partial charge on any atom is -0.382 e. The summed E-state index contributed by atoms with van der Waals surface area (Å²) in [6.45, 7) is 4.55. The quantitative estimate of drug-likeness (QED) is 0.194. The van der Waals surface area contributed by atoms with Crippen LogP contribution in [-0.2, 0) is 13.0 Å². The molecule has 0 fully saturated rings. The van der Waals surface area contributed by atoms with E-state index in [-0.39, 0.29) is 6.03 Å². The van der Waals surface area contributed by atoms with Crippen LogP contribution in [0, 0.1) is 13.8 Å². The molecule has 9 heteroatoms. The van der Waals surface area contributed by atoms with Gasteiger partial charge < -0.3 is 21.4 Å². The number of aromatic nitrogens is 4. The van der Waals surface area contributed by atoms with Gasteiger partial charge in [-0.1, -0.05) is 66.2 Å². The molecule has 3 aromatic carbocycles. The first-order chi connectivity index (χ1) is 17.9. The van der Waals surface area contributed by atoms with E-state index < -0.39 is 6.04 Å². The van der Waals surface area contributed by atoms with Crippen molar-refractivity contribution in [3.05, 3.63) is 100.0 Å². The molecule has 5 rings (SSSR count). The highest BCUT2D eigenvalue weighted by Gasteiger charge is 2.22. The fourth-order valence-electron chi connectivity index (χ4n) is 4.28. The van der Waals surface area contributed by atoms with E-state index in [1.807, 2.05) is 54.6 Å². The highest BCUT2D eigenvalue weighted by molar-refractivity contribution is 6.32. The third-order valence-electron chi connectivity index (χ3n) is 6.49. The van der Waals surface area contributed by atoms with Crippen molar-refractivity contribution in [1.29, 1.82) is 0 Å². The van der Waals surface area contributed by atoms with E-state index in [1.54, 1.807) is 0 Å². The number of urea groups is 1. The summed E-state index contributed by atoms with van der Waals surface area (Å²) in [7, 11) is 0. The lowest BCUT2D eigenvalue weighted by Crippen LogP contribution is -2.38. The molecule has 1 unspecified atom stereocenters. The standard InChI is InChI=1S/C28H28ClN7O/c1-16-8-9-19(12-17(16)2)15-31-28(37)32-23(13-18-6-4-3-5-7-18)27-33-24(25(29)34-27)20-10-11-21-22(14-20)35-36-26(21)30/h3-12,14,23H,13,15H2,1-2H3,(H,33,34)(H3,30,35,36)(H2,31,32,37). The van der Waals surface area contributed by atoms with Gasteiger partial charge in [0.05, 0.1) is 11.6 Å². The molecule has 0 bridgehead atoms. The first-order valence-corrected chi connectivity index (χ1v) is 12.4. The zero-order valence-corrected chi connectivity index (χ0v) is 21.4. The van der Waals surface area contributed by atoms with Gasteiger partial charge in [-0.2, -0.15) is 5.10 Å². The molecule has 188 valence electrons. The van der Waals surface area contributed by atoms with Gasteiger partial charge in [-0.05, 0) is 54.7 Å². The van der Waals surface area contributed by atoms with Gasteiger partial charge in [0.1, 0.15) is 16.7 Å². The number of carbonyl (C=O) groups is 1. The first-order valence-electron chi connectivity index (χ1n) is 12.0. The fourth-order valence-corrected chi connectivity index (χ4v) is 4.53. The van der Waals surface area contributed by atoms with Crippen LogP contribution >= 0.6 is 11.6 Å². The van der Waals surface area contributed by atoms with Crippen molar-refractivity contribution >= 4 is 34.4 Å². The van der Waals surface area contributed by atoms with Crippen LogP contribution in [-0.4, -0.2) is 26.2 Å². The van der Waals surface area contributed by atoms with Crippen molar-refractivity contribution in [3.63, 3.8) is 0 Å². The maximum Gasteiger partial charge on any atom is 0.315 e. The number of rotatable bonds is 7. The number of fused-ring (bicyclic) bond motifs is 1. The number of nitrogen functional groups attached to an aromatic ring is 1. The lowest BCUT2D eigenvalue weighted by atomic mass is 10.1. The number of nitrogens with one attached hydrogen (secondary N) is 4. The Bertz CT molecular complexity index is 1560. The second-order valence-electron chi connectivity index (χ2n) is 9.14. The summed E-state index contributed by atoms with van der Waals surface area (Å²) in [5.41, 5.74) is 12.6. The van der Waals surface area contributed by atoms with Gasteiger partial charge in [0, 0.05) is 17.5 Å². The first kappa shape index (κ1) is 24.4. The molecule has 0 aliphatic heterocycles. The smallest absolute Gasteiger partial charge is 0.315 e. The SMILES string of the molecule is Cc1ccc(CNC(=O)NC(Cc2ccccc2)c2nc(-c3ccc4c(N)n[nH]c4c3)c(Cl)[nH]2)cc1C. The number of nitrogens with two attached hydrogens (primary N) is 1. The maximum absolute atomic E-state index is 12.9. The van der Waals surface area contributed by atoms with Crippen LogP contribution < -0.4 is 16.4 Å². The van der Waals surface area contributed by atoms with E-state index in [2.05, 4.69) is 51.8 Å². The van der Waals surface area contributed by atoms with E-state index >= 15 is 0 Å². The molecule has 2 heterocycles. The number of nitrogens with zero attached hydrogens (tertiary/aromatic N) is 2. The maximum atomic E-state index is 12.9. The minimum atomic E-state index is -0.431. The number of halogens is 1. The Labute approximate surface area is 219 Å². The molecule has 6 N–H and O–H groups in total. The third-order valence-corrected chi connectivity index (χ3v) is 6.76. The van der Waals surface area contributed by atoms with Gasteiger partial charge >= 0.3 is 6.03 Å². The van der Waals surface area contributed by atoms with Gasteiger partial charge in [-0.15, -0.1) is 0 Å². The normalized spacial score (nSPS) is 12.0. The van der Waals surface area contributed by atoms with Crippen LogP contribution in [0.3, 0.4) is 0 Å². The third kappa shape index (κ3) is 5.44. The molecule has 0 saturated heterocycles. The average Bonchev–Trinajstić information content (AvgIpc) is 3.47. The topological polar surface area (TPSA) is 125 Å². The second kappa shape index (κ2) is 10.4. The Morgan fingerprint density at radius 1 is 1.03 bits per heavy atom. The number of hydrogen-bond acceptors (Lipinski definition) is 4. The van der Waals surface area contributed by atoms with Crippen LogP contribution in [0.15, 0.2) is 66.7 Å². The Kier molecular flexibility index (Phi) is 6.83. The molecular formula is C28H28ClN7O. The number of aryl methyl sites for hydroxylation is 2. The number of benzene rings is 3. The highest BCUT2D eigenvalue weighted by Crippen LogP contribution is 2.31. The Morgan fingerprint density at radius 3 is 2.62 bits per heavy atom. The van der Waals surface area contributed by atoms with Crippen LogP contribution in [0.1, 0.15) is 34.1 Å². The predicted octanol–water partition coefficient (Wildman–Crippen LogP) is 5.59. The number of anilines is 1. The summed E-state index contributed by atoms with van der Waals surface area (Å²) in [4.78, 5) is 20.9. The van der Waals surface area contributed by atoms with Gasteiger partial charge in [0.2, 0.25) is 0 Å². The number of carbonyl (C=O) groups excluding carboxylic acids is 1. The molecule has 0 spiro atoms. The van der Waals surface area contributed by atoms with Crippen molar-refractivity contribution in [3.8, 4) is 11.3 Å². The lowest BCUT2D eigenvalue weighted by Gasteiger charge is -2.18. The van der Waals surface area contributed by atoms with E-state index in [9.17, 15) is 4.79 Å². The average molecular weight is 514 g/mol. The molecular weight excluding hydrogens is 486 g/mol. The van der Waals surface area contributed by atoms with Gasteiger partial charge in [-0.25, -0.2) is 9.78 Å². The molecule has 0 aliphatic carbocycles. The number of amides is 2. The zero-order chi connectivity index (χ0) is 25.9. The molecule has 8 nitrogen and oxygen atoms in total. The van der Waals surface area contributed by atoms with Gasteiger partial charge in [-0.3, -0.25) is 5.10 Å². The van der Waals surface area contributed by atoms with E-state index in [0.717, 1.165) is 27.6 Å². The largest absolute Gasteiger partial charge is 0.382 e. The van der Waals surface area contributed by atoms with Gasteiger partial charge in [0.15, 0.2) is 5.82 Å². The van der Waals surface area contributed by atoms with E-state index in [1.165, 1.54) is 11.1 Å². The van der Waals surface area contributed by atoms with Crippen molar-refractivity contribution in [2.24, 2.45) is 0 Å². The number of imidazole rings is 1. The summed E-state index contributed by atoms with van der Waals surface area (Å²) in [6, 6.07) is 21.1. The molecule has 37 heavy (non-hydrogen) atoms. The molecule has 2 amide bonds. The fraction of sp³-hybridized carbons (Fsp3) is 0.179. The van der Waals surface area contributed by atoms with E-state index in [4.69, 9.17) is 22.3 Å². The number of hydrogen-bond donors (Lipinski definition) is 5. The molecule has 1 atom stereocenters. The van der Waals surface area contributed by atoms with E-state index in [0.29, 0.717) is 35.5 Å². The monoisotopic (exact) mass is 513 g/mol. The molecule has 0 radical (unpaired) electrons. The summed E-state index contributed by atoms with van der Waals surface area (Å²) in [5.74, 6) is 1.00. The van der Waals surface area contributed by atoms with Gasteiger partial charge in [0.25, 0.3) is 0 Å². The number of H-pyrrole nitrogens is 2. The summed E-state index contributed by atoms with van der Waals surface area (Å²) in [5, 5.41) is 14.2. The predicted molar refractivity (Wildman–Crippen MR) is 147 cm³/mol. The van der Waals surface area contributed by atoms with Crippen LogP contribution in [0.4, 0.5) is 10.6 Å². The minimum absolute atomic E-state index is 0.289. The summed E-state index contributed by atoms with van der Waals surface area (Å²) < 4.78 is 0. The molecule has 0 aliphatic rings. The van der Waals surface area contributed by atoms with Crippen LogP contribution in [0.5, 0.6) is 0 Å². The van der Waals surface area contributed by atoms with Crippen LogP contribution in [0.2, 0.25) is 5.15 Å². The summed E-state index contributed by atoms with van der Waals surface area (Å²) in [6.07, 6.45) is 0.539. The Hall–Kier alpha value is -4.30. The second-order valence-corrected chi connectivity index (χ2v) is 9.52. The van der Waals surface area contributed by atoms with Crippen molar-refractivity contribution in [1.82, 2.24) is 30.8 Å². The van der Waals surface area contributed by atoms with Crippen molar-refractivity contribution in [2.45, 2.75) is 32.9 Å². The lowest BCUT2D eigenvalue weighted by molar-refractivity contribution is 0.236.